The summed E-state index contributed by atoms with van der Waals surface area (Å²) in [5.41, 5.74) is 11.3. The third kappa shape index (κ3) is 4.13. The maximum Gasteiger partial charge on any atom is 0.174 e. The zero-order chi connectivity index (χ0) is 30.8. The lowest BCUT2D eigenvalue weighted by atomic mass is 9.97. The van der Waals surface area contributed by atoms with Crippen molar-refractivity contribution in [2.75, 3.05) is 0 Å². The van der Waals surface area contributed by atoms with Gasteiger partial charge in [-0.25, -0.2) is 9.97 Å². The van der Waals surface area contributed by atoms with Gasteiger partial charge in [0.25, 0.3) is 0 Å². The van der Waals surface area contributed by atoms with Crippen LogP contribution >= 0.6 is 0 Å². The molecule has 0 aliphatic carbocycles. The summed E-state index contributed by atoms with van der Waals surface area (Å²) in [6.07, 6.45) is 1.86. The van der Waals surface area contributed by atoms with Gasteiger partial charge in [-0.15, -0.1) is 0 Å². The molecule has 0 radical (unpaired) electrons. The SMILES string of the molecule is Cc1c2cccc(-c3cc(-c4ccc5ccccc5c4)cc(-c4cccc(-n5c6ccccc6c6cccnc65)c4)n3)c2[n-][n+]1C. The normalized spacial score (nSPS) is 11.7. The van der Waals surface area contributed by atoms with Crippen LogP contribution in [-0.4, -0.2) is 14.5 Å². The van der Waals surface area contributed by atoms with Gasteiger partial charge in [0.1, 0.15) is 12.7 Å². The van der Waals surface area contributed by atoms with E-state index in [0.717, 1.165) is 72.5 Å². The van der Waals surface area contributed by atoms with E-state index >= 15 is 0 Å². The van der Waals surface area contributed by atoms with Gasteiger partial charge in [-0.3, -0.25) is 9.25 Å². The summed E-state index contributed by atoms with van der Waals surface area (Å²) in [7, 11) is 2.00. The Hall–Kier alpha value is -6.07. The number of rotatable bonds is 4. The Bertz CT molecular complexity index is 2570. The van der Waals surface area contributed by atoms with E-state index in [4.69, 9.17) is 15.1 Å². The second-order valence-corrected chi connectivity index (χ2v) is 11.9. The van der Waals surface area contributed by atoms with Gasteiger partial charge in [0.05, 0.1) is 16.9 Å². The molecule has 0 fully saturated rings. The standard InChI is InChI=1S/C41H29N5/c1-26-33-15-8-16-36(40(33)44-45(26)2)38-25-31(29-20-19-27-10-3-4-11-28(27)22-29)24-37(43-38)30-12-7-13-32(23-30)46-39-18-6-5-14-34(39)35-17-9-21-42-41(35)46/h3-25H,1-2H3. The van der Waals surface area contributed by atoms with Gasteiger partial charge >= 0.3 is 0 Å². The summed E-state index contributed by atoms with van der Waals surface area (Å²) < 4.78 is 4.20. The van der Waals surface area contributed by atoms with E-state index in [1.807, 2.05) is 24.0 Å². The maximum absolute atomic E-state index is 5.32. The largest absolute Gasteiger partial charge is 0.409 e. The number of benzene rings is 5. The van der Waals surface area contributed by atoms with Gasteiger partial charge in [-0.1, -0.05) is 84.4 Å². The fourth-order valence-corrected chi connectivity index (χ4v) is 6.76. The van der Waals surface area contributed by atoms with Crippen LogP contribution in [-0.2, 0) is 7.05 Å². The molecule has 0 bridgehead atoms. The van der Waals surface area contributed by atoms with Crippen LogP contribution in [0.2, 0.25) is 0 Å². The first-order valence-corrected chi connectivity index (χ1v) is 15.5. The number of pyridine rings is 2. The predicted octanol–water partition coefficient (Wildman–Crippen LogP) is 8.97. The molecule has 9 rings (SSSR count). The van der Waals surface area contributed by atoms with E-state index in [9.17, 15) is 0 Å². The molecule has 4 aromatic heterocycles. The van der Waals surface area contributed by atoms with Gasteiger partial charge < -0.3 is 5.10 Å². The van der Waals surface area contributed by atoms with Gasteiger partial charge in [-0.2, -0.15) is 0 Å². The molecule has 4 heterocycles. The van der Waals surface area contributed by atoms with E-state index in [1.54, 1.807) is 0 Å². The summed E-state index contributed by atoms with van der Waals surface area (Å²) in [6, 6.07) is 47.2. The minimum absolute atomic E-state index is 0.897. The Balaban J connectivity index is 1.28. The summed E-state index contributed by atoms with van der Waals surface area (Å²) in [4.78, 5) is 10.1. The Labute approximate surface area is 266 Å². The number of hydrogen-bond acceptors (Lipinski definition) is 2. The van der Waals surface area contributed by atoms with E-state index in [1.165, 1.54) is 16.2 Å². The summed E-state index contributed by atoms with van der Waals surface area (Å²) >= 11 is 0. The Morgan fingerprint density at radius 2 is 1.39 bits per heavy atom. The lowest BCUT2D eigenvalue weighted by Gasteiger charge is -2.14. The molecule has 0 unspecified atom stereocenters. The monoisotopic (exact) mass is 591 g/mol. The first-order valence-electron chi connectivity index (χ1n) is 15.5. The molecule has 0 saturated carbocycles. The Morgan fingerprint density at radius 1 is 0.609 bits per heavy atom. The number of aromatic nitrogens is 5. The topological polar surface area (TPSA) is 48.7 Å². The molecule has 5 heteroatoms. The number of para-hydroxylation sites is 1. The van der Waals surface area contributed by atoms with Crippen molar-refractivity contribution in [1.29, 1.82) is 0 Å². The van der Waals surface area contributed by atoms with Gasteiger partial charge in [0, 0.05) is 40.5 Å². The van der Waals surface area contributed by atoms with E-state index < -0.39 is 0 Å². The summed E-state index contributed by atoms with van der Waals surface area (Å²) in [5, 5.41) is 10.8. The van der Waals surface area contributed by atoms with E-state index in [2.05, 4.69) is 139 Å². The quantitative estimate of drug-likeness (QED) is 0.192. The second kappa shape index (κ2) is 10.2. The molecule has 0 spiro atoms. The van der Waals surface area contributed by atoms with Crippen LogP contribution in [0.3, 0.4) is 0 Å². The molecular formula is C41H29N5. The van der Waals surface area contributed by atoms with Gasteiger partial charge in [0.2, 0.25) is 0 Å². The fourth-order valence-electron chi connectivity index (χ4n) is 6.76. The third-order valence-electron chi connectivity index (χ3n) is 9.18. The number of fused-ring (bicyclic) bond motifs is 5. The summed E-state index contributed by atoms with van der Waals surface area (Å²) in [5.74, 6) is 0. The minimum atomic E-state index is 0.897. The first kappa shape index (κ1) is 26.3. The van der Waals surface area contributed by atoms with Crippen LogP contribution in [0.25, 0.3) is 82.9 Å². The highest BCUT2D eigenvalue weighted by Gasteiger charge is 2.16. The van der Waals surface area contributed by atoms with Crippen LogP contribution < -0.4 is 9.78 Å². The molecule has 9 aromatic rings. The summed E-state index contributed by atoms with van der Waals surface area (Å²) in [6.45, 7) is 2.11. The molecule has 5 aromatic carbocycles. The molecule has 0 aliphatic heterocycles. The van der Waals surface area contributed by atoms with Crippen LogP contribution in [0, 0.1) is 6.92 Å². The molecule has 0 saturated heterocycles. The Kier molecular flexibility index (Phi) is 5.87. The fraction of sp³-hybridized carbons (Fsp3) is 0.0488. The average molecular weight is 592 g/mol. The van der Waals surface area contributed by atoms with Crippen LogP contribution in [0.1, 0.15) is 5.69 Å². The van der Waals surface area contributed by atoms with Crippen molar-refractivity contribution in [3.63, 3.8) is 0 Å². The van der Waals surface area contributed by atoms with Gasteiger partial charge in [0.15, 0.2) is 5.69 Å². The van der Waals surface area contributed by atoms with E-state index in [-0.39, 0.29) is 0 Å². The first-order chi connectivity index (χ1) is 22.6. The zero-order valence-corrected chi connectivity index (χ0v) is 25.5. The number of nitrogens with zero attached hydrogens (tertiary/aromatic N) is 5. The highest BCUT2D eigenvalue weighted by molar-refractivity contribution is 6.07. The van der Waals surface area contributed by atoms with Crippen molar-refractivity contribution in [1.82, 2.24) is 19.6 Å². The lowest BCUT2D eigenvalue weighted by molar-refractivity contribution is -0.734. The highest BCUT2D eigenvalue weighted by Crippen LogP contribution is 2.36. The molecule has 5 nitrogen and oxygen atoms in total. The van der Waals surface area contributed by atoms with Gasteiger partial charge in [-0.05, 0) is 82.1 Å². The van der Waals surface area contributed by atoms with Crippen molar-refractivity contribution < 1.29 is 4.68 Å². The second-order valence-electron chi connectivity index (χ2n) is 11.9. The average Bonchev–Trinajstić information content (AvgIpc) is 3.61. The molecule has 0 aliphatic rings. The maximum atomic E-state index is 5.32. The van der Waals surface area contributed by atoms with Crippen molar-refractivity contribution in [2.45, 2.75) is 6.92 Å². The zero-order valence-electron chi connectivity index (χ0n) is 25.5. The molecule has 0 amide bonds. The Morgan fingerprint density at radius 3 is 2.33 bits per heavy atom. The van der Waals surface area contributed by atoms with Crippen molar-refractivity contribution in [3.05, 3.63) is 145 Å². The third-order valence-corrected chi connectivity index (χ3v) is 9.18. The van der Waals surface area contributed by atoms with Crippen molar-refractivity contribution >= 4 is 43.6 Å². The minimum Gasteiger partial charge on any atom is -0.409 e. The predicted molar refractivity (Wildman–Crippen MR) is 187 cm³/mol. The molecule has 0 N–H and O–H groups in total. The van der Waals surface area contributed by atoms with Crippen LogP contribution in [0.5, 0.6) is 0 Å². The lowest BCUT2D eigenvalue weighted by Crippen LogP contribution is -2.34. The van der Waals surface area contributed by atoms with Crippen molar-refractivity contribution in [2.24, 2.45) is 7.05 Å². The smallest absolute Gasteiger partial charge is 0.174 e. The van der Waals surface area contributed by atoms with Crippen LogP contribution in [0.15, 0.2) is 140 Å². The number of hydrogen-bond donors (Lipinski definition) is 0. The molecule has 218 valence electrons. The van der Waals surface area contributed by atoms with Crippen LogP contribution in [0.4, 0.5) is 0 Å². The highest BCUT2D eigenvalue weighted by atomic mass is 15.3. The molecular weight excluding hydrogens is 562 g/mol. The van der Waals surface area contributed by atoms with E-state index in [0.29, 0.717) is 0 Å². The molecule has 0 atom stereocenters. The number of aryl methyl sites for hydroxylation is 2. The van der Waals surface area contributed by atoms with Crippen molar-refractivity contribution in [3.8, 4) is 39.3 Å². The molecule has 46 heavy (non-hydrogen) atoms.